The monoisotopic (exact) mass is 221 g/mol. The van der Waals surface area contributed by atoms with Crippen LogP contribution in [0.1, 0.15) is 12.7 Å². The molecule has 1 fully saturated rings. The van der Waals surface area contributed by atoms with E-state index in [1.54, 1.807) is 0 Å². The number of nitrogens with one attached hydrogen (secondary N) is 1. The van der Waals surface area contributed by atoms with E-state index in [-0.39, 0.29) is 0 Å². The van der Waals surface area contributed by atoms with E-state index in [9.17, 15) is 0 Å². The highest BCUT2D eigenvalue weighted by molar-refractivity contribution is 4.91. The van der Waals surface area contributed by atoms with Crippen LogP contribution in [0.5, 0.6) is 0 Å². The topological polar surface area (TPSA) is 46.0 Å². The first-order valence-electron chi connectivity index (χ1n) is 6.12. The zero-order valence-electron chi connectivity index (χ0n) is 9.76. The molecule has 0 radical (unpaired) electrons. The predicted molar refractivity (Wildman–Crippen MR) is 60.8 cm³/mol. The van der Waals surface area contributed by atoms with Crippen LogP contribution in [0.4, 0.5) is 0 Å². The Morgan fingerprint density at radius 2 is 2.38 bits per heavy atom. The molecule has 0 spiro atoms. The lowest BCUT2D eigenvalue weighted by atomic mass is 9.97. The van der Waals surface area contributed by atoms with Gasteiger partial charge in [-0.1, -0.05) is 6.92 Å². The Labute approximate surface area is 95.8 Å². The van der Waals surface area contributed by atoms with Gasteiger partial charge in [-0.15, -0.1) is 10.2 Å². The lowest BCUT2D eigenvalue weighted by molar-refractivity contribution is 0.176. The number of nitrogens with zero attached hydrogens (tertiary/aromatic N) is 4. The van der Waals surface area contributed by atoms with Crippen molar-refractivity contribution in [3.63, 3.8) is 0 Å². The number of aromatic nitrogens is 3. The van der Waals surface area contributed by atoms with Crippen molar-refractivity contribution in [1.29, 1.82) is 0 Å². The normalized spacial score (nSPS) is 30.6. The van der Waals surface area contributed by atoms with Gasteiger partial charge in [0.1, 0.15) is 12.2 Å². The molecule has 0 saturated carbocycles. The minimum Gasteiger partial charge on any atom is -0.316 e. The van der Waals surface area contributed by atoms with Crippen LogP contribution in [0.2, 0.25) is 0 Å². The smallest absolute Gasteiger partial charge is 0.147 e. The van der Waals surface area contributed by atoms with Crippen molar-refractivity contribution in [2.75, 3.05) is 26.2 Å². The van der Waals surface area contributed by atoms with E-state index in [2.05, 4.69) is 31.9 Å². The average molecular weight is 221 g/mol. The molecular formula is C11H19N5. The number of fused-ring (bicyclic) bond motifs is 1. The summed E-state index contributed by atoms with van der Waals surface area (Å²) in [5, 5.41) is 11.6. The molecule has 0 unspecified atom stereocenters. The highest BCUT2D eigenvalue weighted by Crippen LogP contribution is 2.19. The molecule has 0 amide bonds. The van der Waals surface area contributed by atoms with E-state index >= 15 is 0 Å². The third kappa shape index (κ3) is 1.85. The van der Waals surface area contributed by atoms with Gasteiger partial charge in [0, 0.05) is 19.6 Å². The van der Waals surface area contributed by atoms with Crippen LogP contribution in [-0.4, -0.2) is 45.8 Å². The second kappa shape index (κ2) is 4.14. The molecule has 1 saturated heterocycles. The van der Waals surface area contributed by atoms with Crippen molar-refractivity contribution in [3.05, 3.63) is 12.2 Å². The Bertz CT molecular complexity index is 361. The molecule has 3 heterocycles. The molecule has 2 aliphatic rings. The Morgan fingerprint density at radius 1 is 1.44 bits per heavy atom. The van der Waals surface area contributed by atoms with Gasteiger partial charge in [0.05, 0.1) is 6.54 Å². The van der Waals surface area contributed by atoms with Gasteiger partial charge in [0.15, 0.2) is 0 Å². The Hall–Kier alpha value is -0.940. The third-order valence-corrected chi connectivity index (χ3v) is 3.89. The maximum Gasteiger partial charge on any atom is 0.147 e. The fourth-order valence-electron chi connectivity index (χ4n) is 2.71. The zero-order chi connectivity index (χ0) is 11.0. The SMILES string of the molecule is C[C@@H]1CNC[C@H]1CN1CCn2cnnc2C1. The van der Waals surface area contributed by atoms with Crippen molar-refractivity contribution >= 4 is 0 Å². The number of hydrogen-bond donors (Lipinski definition) is 1. The van der Waals surface area contributed by atoms with Crippen LogP contribution in [0.25, 0.3) is 0 Å². The fourth-order valence-corrected chi connectivity index (χ4v) is 2.71. The lowest BCUT2D eigenvalue weighted by Gasteiger charge is -2.30. The Balaban J connectivity index is 1.61. The molecule has 1 aromatic heterocycles. The zero-order valence-corrected chi connectivity index (χ0v) is 9.76. The van der Waals surface area contributed by atoms with Crippen LogP contribution in [0, 0.1) is 11.8 Å². The van der Waals surface area contributed by atoms with E-state index in [0.717, 1.165) is 37.3 Å². The maximum absolute atomic E-state index is 4.16. The molecule has 0 aliphatic carbocycles. The Kier molecular flexibility index (Phi) is 2.65. The number of hydrogen-bond acceptors (Lipinski definition) is 4. The standard InChI is InChI=1S/C11H19N5/c1-9-4-12-5-10(9)6-15-2-3-16-8-13-14-11(16)7-15/h8-10,12H,2-7H2,1H3/t9-,10+/m1/s1. The van der Waals surface area contributed by atoms with Crippen LogP contribution in [0.3, 0.4) is 0 Å². The predicted octanol–water partition coefficient (Wildman–Crippen LogP) is -0.0508. The Morgan fingerprint density at radius 3 is 3.19 bits per heavy atom. The maximum atomic E-state index is 4.16. The largest absolute Gasteiger partial charge is 0.316 e. The van der Waals surface area contributed by atoms with Gasteiger partial charge in [0.2, 0.25) is 0 Å². The first-order chi connectivity index (χ1) is 7.83. The summed E-state index contributed by atoms with van der Waals surface area (Å²) in [6.07, 6.45) is 1.84. The fraction of sp³-hybridized carbons (Fsp3) is 0.818. The minimum atomic E-state index is 0.800. The highest BCUT2D eigenvalue weighted by Gasteiger charge is 2.27. The van der Waals surface area contributed by atoms with Gasteiger partial charge < -0.3 is 9.88 Å². The van der Waals surface area contributed by atoms with Gasteiger partial charge in [0.25, 0.3) is 0 Å². The van der Waals surface area contributed by atoms with E-state index in [1.165, 1.54) is 19.6 Å². The van der Waals surface area contributed by atoms with Crippen LogP contribution >= 0.6 is 0 Å². The molecule has 1 N–H and O–H groups in total. The molecule has 88 valence electrons. The van der Waals surface area contributed by atoms with Crippen molar-refractivity contribution in [2.45, 2.75) is 20.0 Å². The molecule has 1 aromatic rings. The van der Waals surface area contributed by atoms with Gasteiger partial charge in [-0.25, -0.2) is 0 Å². The first-order valence-corrected chi connectivity index (χ1v) is 6.12. The van der Waals surface area contributed by atoms with Gasteiger partial charge in [-0.3, -0.25) is 4.90 Å². The summed E-state index contributed by atoms with van der Waals surface area (Å²) in [4.78, 5) is 2.51. The molecule has 5 heteroatoms. The minimum absolute atomic E-state index is 0.800. The van der Waals surface area contributed by atoms with Crippen molar-refractivity contribution < 1.29 is 0 Å². The van der Waals surface area contributed by atoms with Crippen molar-refractivity contribution in [2.24, 2.45) is 11.8 Å². The van der Waals surface area contributed by atoms with E-state index in [1.807, 2.05) is 6.33 Å². The average Bonchev–Trinajstić information content (AvgIpc) is 2.88. The molecule has 16 heavy (non-hydrogen) atoms. The molecule has 3 rings (SSSR count). The second-order valence-electron chi connectivity index (χ2n) is 5.07. The van der Waals surface area contributed by atoms with E-state index in [0.29, 0.717) is 0 Å². The highest BCUT2D eigenvalue weighted by atomic mass is 15.3. The van der Waals surface area contributed by atoms with Crippen LogP contribution in [0.15, 0.2) is 6.33 Å². The van der Waals surface area contributed by atoms with Crippen LogP contribution in [-0.2, 0) is 13.1 Å². The van der Waals surface area contributed by atoms with Gasteiger partial charge in [-0.2, -0.15) is 0 Å². The molecule has 0 bridgehead atoms. The summed E-state index contributed by atoms with van der Waals surface area (Å²) in [6, 6.07) is 0. The van der Waals surface area contributed by atoms with E-state index < -0.39 is 0 Å². The molecule has 2 atom stereocenters. The summed E-state index contributed by atoms with van der Waals surface area (Å²) >= 11 is 0. The quantitative estimate of drug-likeness (QED) is 0.760. The van der Waals surface area contributed by atoms with Crippen molar-refractivity contribution in [3.8, 4) is 0 Å². The number of rotatable bonds is 2. The summed E-state index contributed by atoms with van der Waals surface area (Å²) in [5.41, 5.74) is 0. The van der Waals surface area contributed by atoms with Crippen LogP contribution < -0.4 is 5.32 Å². The second-order valence-corrected chi connectivity index (χ2v) is 5.07. The summed E-state index contributed by atoms with van der Waals surface area (Å²) in [5.74, 6) is 2.72. The van der Waals surface area contributed by atoms with Gasteiger partial charge in [-0.05, 0) is 24.9 Å². The summed E-state index contributed by atoms with van der Waals surface area (Å²) in [7, 11) is 0. The first kappa shape index (κ1) is 10.2. The van der Waals surface area contributed by atoms with E-state index in [4.69, 9.17) is 0 Å². The van der Waals surface area contributed by atoms with Gasteiger partial charge >= 0.3 is 0 Å². The molecular weight excluding hydrogens is 202 g/mol. The summed E-state index contributed by atoms with van der Waals surface area (Å²) < 4.78 is 2.16. The molecule has 0 aromatic carbocycles. The van der Waals surface area contributed by atoms with Crippen molar-refractivity contribution in [1.82, 2.24) is 25.0 Å². The summed E-state index contributed by atoms with van der Waals surface area (Å²) in [6.45, 7) is 9.02. The lowest BCUT2D eigenvalue weighted by Crippen LogP contribution is -2.38. The third-order valence-electron chi connectivity index (χ3n) is 3.89. The molecule has 5 nitrogen and oxygen atoms in total. The molecule has 2 aliphatic heterocycles.